The Balaban J connectivity index is 2.08. The van der Waals surface area contributed by atoms with Crippen molar-refractivity contribution in [1.82, 2.24) is 0 Å². The van der Waals surface area contributed by atoms with Gasteiger partial charge in [0.05, 0.1) is 0 Å². The molecule has 0 nitrogen and oxygen atoms in total. The molecular weight excluding hydrogens is 367 g/mol. The molecule has 1 saturated carbocycles. The van der Waals surface area contributed by atoms with E-state index in [1.165, 1.54) is 122 Å². The SMILES string of the molecule is IC1CCCCCCCCCCCCCCCCCCC1. The van der Waals surface area contributed by atoms with E-state index < -0.39 is 0 Å². The zero-order valence-electron chi connectivity index (χ0n) is 14.4. The summed E-state index contributed by atoms with van der Waals surface area (Å²) < 4.78 is 0.952. The minimum absolute atomic E-state index is 0.952. The lowest BCUT2D eigenvalue weighted by atomic mass is 10.0. The van der Waals surface area contributed by atoms with Crippen LogP contribution in [0.4, 0.5) is 0 Å². The molecule has 0 heterocycles. The van der Waals surface area contributed by atoms with Crippen molar-refractivity contribution in [2.24, 2.45) is 0 Å². The van der Waals surface area contributed by atoms with Gasteiger partial charge in [0.2, 0.25) is 0 Å². The fourth-order valence-electron chi connectivity index (χ4n) is 3.53. The Bertz CT molecular complexity index is 182. The molecule has 1 aliphatic carbocycles. The van der Waals surface area contributed by atoms with Gasteiger partial charge in [-0.25, -0.2) is 0 Å². The Morgan fingerprint density at radius 3 is 0.762 bits per heavy atom. The number of hydrogen-bond donors (Lipinski definition) is 0. The minimum atomic E-state index is 0.952. The first-order valence-electron chi connectivity index (χ1n) is 10.0. The van der Waals surface area contributed by atoms with E-state index in [1.807, 2.05) is 0 Å². The van der Waals surface area contributed by atoms with Crippen LogP contribution in [0.1, 0.15) is 122 Å². The van der Waals surface area contributed by atoms with Crippen LogP contribution < -0.4 is 0 Å². The zero-order chi connectivity index (χ0) is 15.0. The van der Waals surface area contributed by atoms with Gasteiger partial charge in [0, 0.05) is 3.92 Å². The highest BCUT2D eigenvalue weighted by atomic mass is 127. The molecule has 0 N–H and O–H groups in total. The molecule has 1 heteroatoms. The molecule has 0 bridgehead atoms. The summed E-state index contributed by atoms with van der Waals surface area (Å²) in [5, 5.41) is 0. The van der Waals surface area contributed by atoms with E-state index in [2.05, 4.69) is 22.6 Å². The van der Waals surface area contributed by atoms with E-state index in [4.69, 9.17) is 0 Å². The lowest BCUT2D eigenvalue weighted by molar-refractivity contribution is 0.510. The van der Waals surface area contributed by atoms with Gasteiger partial charge in [-0.15, -0.1) is 0 Å². The Labute approximate surface area is 148 Å². The van der Waals surface area contributed by atoms with Crippen molar-refractivity contribution in [3.05, 3.63) is 0 Å². The summed E-state index contributed by atoms with van der Waals surface area (Å²) in [6, 6.07) is 0. The minimum Gasteiger partial charge on any atom is -0.0826 e. The third-order valence-electron chi connectivity index (χ3n) is 5.03. The maximum absolute atomic E-state index is 2.70. The molecule has 0 radical (unpaired) electrons. The van der Waals surface area contributed by atoms with Gasteiger partial charge in [0.25, 0.3) is 0 Å². The average Bonchev–Trinajstić information content (AvgIpc) is 2.48. The predicted molar refractivity (Wildman–Crippen MR) is 106 cm³/mol. The molecule has 0 spiro atoms. The maximum Gasteiger partial charge on any atom is 0.0110 e. The first kappa shape index (κ1) is 19.8. The van der Waals surface area contributed by atoms with E-state index in [0.29, 0.717) is 0 Å². The molecule has 21 heavy (non-hydrogen) atoms. The molecule has 0 aliphatic heterocycles. The maximum atomic E-state index is 2.70. The quantitative estimate of drug-likeness (QED) is 0.281. The van der Waals surface area contributed by atoms with Crippen molar-refractivity contribution in [1.29, 1.82) is 0 Å². The molecule has 0 aromatic rings. The molecule has 0 saturated heterocycles. The summed E-state index contributed by atoms with van der Waals surface area (Å²) in [7, 11) is 0. The lowest BCUT2D eigenvalue weighted by Gasteiger charge is -2.10. The van der Waals surface area contributed by atoms with Crippen LogP contribution in [0.25, 0.3) is 0 Å². The van der Waals surface area contributed by atoms with Crippen molar-refractivity contribution >= 4 is 22.6 Å². The zero-order valence-corrected chi connectivity index (χ0v) is 16.5. The number of rotatable bonds is 0. The first-order valence-corrected chi connectivity index (χ1v) is 11.3. The smallest absolute Gasteiger partial charge is 0.0110 e. The highest BCUT2D eigenvalue weighted by Gasteiger charge is 2.04. The van der Waals surface area contributed by atoms with Crippen LogP contribution in [0.15, 0.2) is 0 Å². The third-order valence-corrected chi connectivity index (χ3v) is 6.28. The van der Waals surface area contributed by atoms with Crippen LogP contribution in [-0.2, 0) is 0 Å². The van der Waals surface area contributed by atoms with Gasteiger partial charge in [-0.3, -0.25) is 0 Å². The van der Waals surface area contributed by atoms with E-state index >= 15 is 0 Å². The van der Waals surface area contributed by atoms with Gasteiger partial charge in [-0.05, 0) is 12.8 Å². The van der Waals surface area contributed by atoms with E-state index in [9.17, 15) is 0 Å². The summed E-state index contributed by atoms with van der Waals surface area (Å²) in [4.78, 5) is 0. The second-order valence-electron chi connectivity index (χ2n) is 7.19. The van der Waals surface area contributed by atoms with Crippen molar-refractivity contribution < 1.29 is 0 Å². The van der Waals surface area contributed by atoms with Crippen LogP contribution in [0, 0.1) is 0 Å². The average molecular weight is 406 g/mol. The van der Waals surface area contributed by atoms with Gasteiger partial charge < -0.3 is 0 Å². The van der Waals surface area contributed by atoms with E-state index in [1.54, 1.807) is 0 Å². The topological polar surface area (TPSA) is 0 Å². The normalized spacial score (nSPS) is 24.4. The first-order chi connectivity index (χ1) is 10.4. The molecule has 1 fully saturated rings. The summed E-state index contributed by atoms with van der Waals surface area (Å²) in [6.45, 7) is 0. The number of halogens is 1. The highest BCUT2D eigenvalue weighted by molar-refractivity contribution is 14.1. The van der Waals surface area contributed by atoms with Crippen molar-refractivity contribution in [3.8, 4) is 0 Å². The lowest BCUT2D eigenvalue weighted by Crippen LogP contribution is -1.97. The molecule has 0 amide bonds. The van der Waals surface area contributed by atoms with Crippen LogP contribution in [-0.4, -0.2) is 3.92 Å². The largest absolute Gasteiger partial charge is 0.0826 e. The number of hydrogen-bond acceptors (Lipinski definition) is 0. The highest BCUT2D eigenvalue weighted by Crippen LogP contribution is 2.20. The van der Waals surface area contributed by atoms with Crippen LogP contribution in [0.5, 0.6) is 0 Å². The molecular formula is C20H39I. The van der Waals surface area contributed by atoms with Gasteiger partial charge >= 0.3 is 0 Å². The van der Waals surface area contributed by atoms with Crippen LogP contribution in [0.3, 0.4) is 0 Å². The molecule has 1 rings (SSSR count). The molecule has 0 unspecified atom stereocenters. The fourth-order valence-corrected chi connectivity index (χ4v) is 4.41. The Morgan fingerprint density at radius 1 is 0.333 bits per heavy atom. The van der Waals surface area contributed by atoms with E-state index in [0.717, 1.165) is 3.92 Å². The molecule has 126 valence electrons. The van der Waals surface area contributed by atoms with Crippen LogP contribution in [0.2, 0.25) is 0 Å². The fraction of sp³-hybridized carbons (Fsp3) is 1.00. The third kappa shape index (κ3) is 14.1. The molecule has 0 aromatic carbocycles. The summed E-state index contributed by atoms with van der Waals surface area (Å²) in [5.74, 6) is 0. The van der Waals surface area contributed by atoms with Crippen molar-refractivity contribution in [2.45, 2.75) is 126 Å². The van der Waals surface area contributed by atoms with Crippen molar-refractivity contribution in [2.75, 3.05) is 0 Å². The van der Waals surface area contributed by atoms with E-state index in [-0.39, 0.29) is 0 Å². The monoisotopic (exact) mass is 406 g/mol. The Kier molecular flexibility index (Phi) is 14.7. The van der Waals surface area contributed by atoms with Gasteiger partial charge in [-0.1, -0.05) is 132 Å². The van der Waals surface area contributed by atoms with Crippen molar-refractivity contribution in [3.63, 3.8) is 0 Å². The van der Waals surface area contributed by atoms with Gasteiger partial charge in [-0.2, -0.15) is 0 Å². The van der Waals surface area contributed by atoms with Gasteiger partial charge in [0.1, 0.15) is 0 Å². The Morgan fingerprint density at radius 2 is 0.524 bits per heavy atom. The summed E-state index contributed by atoms with van der Waals surface area (Å²) in [6.07, 6.45) is 28.3. The summed E-state index contributed by atoms with van der Waals surface area (Å²) in [5.41, 5.74) is 0. The molecule has 0 atom stereocenters. The Hall–Kier alpha value is 0.730. The predicted octanol–water partition coefficient (Wildman–Crippen LogP) is 8.22. The molecule has 1 aliphatic rings. The van der Waals surface area contributed by atoms with Crippen LogP contribution >= 0.6 is 22.6 Å². The summed E-state index contributed by atoms with van der Waals surface area (Å²) >= 11 is 2.70. The standard InChI is InChI=1S/C20H39I/c21-20-18-16-14-12-10-8-6-4-2-1-3-5-7-9-11-13-15-17-19-20/h20H,1-19H2. The second-order valence-corrected chi connectivity index (χ2v) is 8.95. The van der Waals surface area contributed by atoms with Gasteiger partial charge in [0.15, 0.2) is 0 Å². The molecule has 0 aromatic heterocycles. The number of alkyl halides is 1. The second kappa shape index (κ2) is 15.6.